The molecule has 215 valence electrons. The molecule has 0 aromatic heterocycles. The summed E-state index contributed by atoms with van der Waals surface area (Å²) >= 11 is 1.45. The Kier molecular flexibility index (Phi) is 9.53. The molecule has 3 heteroatoms. The van der Waals surface area contributed by atoms with Gasteiger partial charge < -0.3 is 24.8 Å². The van der Waals surface area contributed by atoms with E-state index < -0.39 is 0 Å². The van der Waals surface area contributed by atoms with Crippen molar-refractivity contribution in [1.82, 2.24) is 0 Å². The van der Waals surface area contributed by atoms with Gasteiger partial charge in [-0.3, -0.25) is 0 Å². The predicted octanol–water partition coefficient (Wildman–Crippen LogP) is 2.35. The zero-order chi connectivity index (χ0) is 29.0. The first-order chi connectivity index (χ1) is 20.5. The van der Waals surface area contributed by atoms with Gasteiger partial charge in [-0.1, -0.05) is 0 Å². The largest absolute Gasteiger partial charge is 1.00 e. The van der Waals surface area contributed by atoms with Crippen molar-refractivity contribution in [3.05, 3.63) is 186 Å². The molecule has 44 heavy (non-hydrogen) atoms. The summed E-state index contributed by atoms with van der Waals surface area (Å²) in [4.78, 5) is 0. The molecule has 0 N–H and O–H groups in total. The number of hydrogen-bond donors (Lipinski definition) is 0. The van der Waals surface area contributed by atoms with Crippen LogP contribution >= 0.6 is 0 Å². The Morgan fingerprint density at radius 2 is 1.18 bits per heavy atom. The third-order valence-electron chi connectivity index (χ3n) is 9.34. The third-order valence-corrected chi connectivity index (χ3v) is 10.6. The van der Waals surface area contributed by atoms with Crippen LogP contribution in [-0.2, 0) is 24.7 Å². The predicted molar refractivity (Wildman–Crippen MR) is 173 cm³/mol. The molecule has 0 nitrogen and oxygen atoms in total. The van der Waals surface area contributed by atoms with E-state index in [4.69, 9.17) is 0 Å². The van der Waals surface area contributed by atoms with Crippen molar-refractivity contribution in [2.75, 3.05) is 0 Å². The van der Waals surface area contributed by atoms with Crippen LogP contribution in [-0.4, -0.2) is 0 Å². The second-order valence-corrected chi connectivity index (χ2v) is 12.8. The van der Waals surface area contributed by atoms with Gasteiger partial charge in [-0.15, -0.1) is 0 Å². The van der Waals surface area contributed by atoms with Crippen molar-refractivity contribution in [2.45, 2.75) is 34.1 Å². The van der Waals surface area contributed by atoms with Crippen LogP contribution in [0.2, 0.25) is 0 Å². The van der Waals surface area contributed by atoms with Crippen LogP contribution < -0.4 is 35.3 Å². The first-order valence-electron chi connectivity index (χ1n) is 14.8. The van der Waals surface area contributed by atoms with Gasteiger partial charge in [0.1, 0.15) is 0 Å². The summed E-state index contributed by atoms with van der Waals surface area (Å²) in [5.41, 5.74) is 16.3. The number of allylic oxidation sites excluding steroid dienone is 4. The van der Waals surface area contributed by atoms with E-state index in [9.17, 15) is 0 Å². The number of rotatable bonds is 4. The maximum Gasteiger partial charge on any atom is -1.00 e. The van der Waals surface area contributed by atoms with Crippen LogP contribution in [0.1, 0.15) is 56.5 Å². The van der Waals surface area contributed by atoms with E-state index in [0.717, 1.165) is 6.42 Å². The second-order valence-electron chi connectivity index (χ2n) is 11.6. The molecule has 5 aromatic rings. The minimum atomic E-state index is 0. The molecule has 0 saturated heterocycles. The van der Waals surface area contributed by atoms with Crippen molar-refractivity contribution >= 4 is 20.0 Å². The average molecular weight is 688 g/mol. The van der Waals surface area contributed by atoms with Gasteiger partial charge in [0.05, 0.1) is 0 Å². The van der Waals surface area contributed by atoms with E-state index >= 15 is 0 Å². The molecule has 0 radical (unpaired) electrons. The Hall–Kier alpha value is -3.22. The van der Waals surface area contributed by atoms with Crippen LogP contribution in [0, 0.1) is 38.1 Å². The normalized spacial score (nSPS) is 12.9. The van der Waals surface area contributed by atoms with Crippen LogP contribution in [0.25, 0.3) is 20.0 Å². The molecule has 0 saturated carbocycles. The first kappa shape index (κ1) is 32.2. The van der Waals surface area contributed by atoms with Gasteiger partial charge in [0.25, 0.3) is 0 Å². The molecule has 5 aromatic carbocycles. The molecular weight excluding hydrogens is 655 g/mol. The summed E-state index contributed by atoms with van der Waals surface area (Å²) in [6.07, 6.45) is 5.68. The Balaban J connectivity index is 0.00000192. The summed E-state index contributed by atoms with van der Waals surface area (Å²) in [7, 11) is 0. The van der Waals surface area contributed by atoms with E-state index in [-0.39, 0.29) is 24.8 Å². The van der Waals surface area contributed by atoms with Crippen molar-refractivity contribution < 1.29 is 49.5 Å². The molecule has 0 amide bonds. The van der Waals surface area contributed by atoms with E-state index in [2.05, 4.69) is 143 Å². The van der Waals surface area contributed by atoms with Crippen molar-refractivity contribution in [3.63, 3.8) is 0 Å². The van der Waals surface area contributed by atoms with Crippen LogP contribution in [0.4, 0.5) is 0 Å². The quantitative estimate of drug-likeness (QED) is 0.273. The summed E-state index contributed by atoms with van der Waals surface area (Å²) in [6.45, 7) is 9.08. The van der Waals surface area contributed by atoms with Gasteiger partial charge in [-0.05, 0) is 0 Å². The molecule has 7 rings (SSSR count). The van der Waals surface area contributed by atoms with Crippen LogP contribution in [0.3, 0.4) is 0 Å². The van der Waals surface area contributed by atoms with E-state index in [0.29, 0.717) is 0 Å². The monoisotopic (exact) mass is 685 g/mol. The summed E-state index contributed by atoms with van der Waals surface area (Å²) in [5.74, 6) is 0. The van der Waals surface area contributed by atoms with Gasteiger partial charge in [-0.2, -0.15) is 0 Å². The maximum absolute atomic E-state index is 2.42. The van der Waals surface area contributed by atoms with Crippen molar-refractivity contribution in [3.8, 4) is 0 Å². The zero-order valence-corrected chi connectivity index (χ0v) is 29.4. The van der Waals surface area contributed by atoms with Crippen LogP contribution in [0.5, 0.6) is 0 Å². The van der Waals surface area contributed by atoms with Gasteiger partial charge in [0.15, 0.2) is 0 Å². The Labute approximate surface area is 287 Å². The fourth-order valence-corrected chi connectivity index (χ4v) is 8.03. The van der Waals surface area contributed by atoms with Crippen LogP contribution in [0.15, 0.2) is 115 Å². The van der Waals surface area contributed by atoms with E-state index in [1.807, 2.05) is 0 Å². The summed E-state index contributed by atoms with van der Waals surface area (Å²) in [5, 5.41) is 5.42. The third kappa shape index (κ3) is 5.24. The number of benzene rings is 5. The fourth-order valence-electron chi connectivity index (χ4n) is 6.85. The molecule has 2 aliphatic carbocycles. The molecular formula is C41H33Cl2Zr. The minimum Gasteiger partial charge on any atom is -1.00 e. The number of halogens is 2. The molecule has 0 unspecified atom stereocenters. The molecule has 0 heterocycles. The molecule has 0 aliphatic heterocycles. The van der Waals surface area contributed by atoms with Gasteiger partial charge in [0.2, 0.25) is 0 Å². The Morgan fingerprint density at radius 3 is 1.82 bits per heavy atom. The molecule has 0 bridgehead atoms. The molecule has 0 spiro atoms. The van der Waals surface area contributed by atoms with Crippen molar-refractivity contribution in [2.24, 2.45) is 0 Å². The zero-order valence-electron chi connectivity index (χ0n) is 25.4. The average Bonchev–Trinajstić information content (AvgIpc) is 3.62. The summed E-state index contributed by atoms with van der Waals surface area (Å²) < 4.78 is 1.46. The van der Waals surface area contributed by atoms with E-state index in [1.54, 1.807) is 0 Å². The van der Waals surface area contributed by atoms with Crippen molar-refractivity contribution in [1.29, 1.82) is 0 Å². The van der Waals surface area contributed by atoms with Gasteiger partial charge in [-0.25, -0.2) is 0 Å². The van der Waals surface area contributed by atoms with E-state index in [1.165, 1.54) is 116 Å². The molecule has 2 aliphatic rings. The number of aryl methyl sites for hydroxylation is 1. The molecule has 0 fully saturated rings. The minimum absolute atomic E-state index is 0. The standard InChI is InChI=1S/C41H33.2ClH.Zr/c1-26-24-38(29(4)28(3)27(26)2)34-20-13-21-36(34)41-37(23-22-35-33-19-12-11-18-32(33)25-39(35)41)40(30-14-7-5-8-15-30)31-16-9-6-10-17-31;;;/h5-20,22-24H,21H2,1-4H3;2*1H;/q;;;+2/p-2. The van der Waals surface area contributed by atoms with Gasteiger partial charge >= 0.3 is 265 Å². The number of hydrogen-bond acceptors (Lipinski definition) is 0. The van der Waals surface area contributed by atoms with Gasteiger partial charge in [0, 0.05) is 0 Å². The Morgan fingerprint density at radius 1 is 0.591 bits per heavy atom. The fraction of sp³-hybridized carbons (Fsp3) is 0.122. The number of fused-ring (bicyclic) bond motifs is 2. The second kappa shape index (κ2) is 13.0. The molecule has 0 atom stereocenters. The Bertz CT molecular complexity index is 2150. The topological polar surface area (TPSA) is 0 Å². The first-order valence-corrected chi connectivity index (χ1v) is 16.0. The smallest absolute Gasteiger partial charge is 1.00 e. The maximum atomic E-state index is 2.42. The summed E-state index contributed by atoms with van der Waals surface area (Å²) in [6, 6.07) is 38.1. The SMILES string of the molecule is Cc1cc(C2=C(c3c4c(ccc3=C(c3ccccc3)c3ccccc3)=c3ccccc3=[C]4[Zr+2])CC=C2)c(C)c(C)c1C.[Cl-].[Cl-].